The van der Waals surface area contributed by atoms with E-state index in [-0.39, 0.29) is 0 Å². The normalized spacial score (nSPS) is 26.0. The van der Waals surface area contributed by atoms with E-state index < -0.39 is 0 Å². The number of rotatable bonds is 5. The molecule has 124 valence electrons. The number of methoxy groups -OCH3 is 1. The van der Waals surface area contributed by atoms with Crippen molar-refractivity contribution in [2.24, 2.45) is 5.41 Å². The van der Waals surface area contributed by atoms with Crippen LogP contribution in [0.5, 0.6) is 0 Å². The minimum Gasteiger partial charge on any atom is -0.383 e. The van der Waals surface area contributed by atoms with E-state index in [0.29, 0.717) is 11.5 Å². The molecule has 22 heavy (non-hydrogen) atoms. The molecule has 2 aliphatic rings. The van der Waals surface area contributed by atoms with Crippen molar-refractivity contribution in [2.75, 3.05) is 39.9 Å². The number of hydrogen-bond donors (Lipinski definition) is 0. The molecule has 0 amide bonds. The average Bonchev–Trinajstić information content (AvgIpc) is 3.06. The summed E-state index contributed by atoms with van der Waals surface area (Å²) in [7, 11) is 1.83. The van der Waals surface area contributed by atoms with Gasteiger partial charge in [0.15, 0.2) is 0 Å². The van der Waals surface area contributed by atoms with Gasteiger partial charge in [0.2, 0.25) is 0 Å². The fourth-order valence-electron chi connectivity index (χ4n) is 4.19. The molecule has 3 heterocycles. The molecule has 1 aromatic heterocycles. The molecule has 1 atom stereocenters. The van der Waals surface area contributed by atoms with Crippen LogP contribution >= 0.6 is 11.3 Å². The van der Waals surface area contributed by atoms with E-state index in [1.54, 1.807) is 11.3 Å². The lowest BCUT2D eigenvalue weighted by molar-refractivity contribution is 0.107. The Balaban J connectivity index is 1.67. The Hall–Kier alpha value is -0.490. The van der Waals surface area contributed by atoms with Crippen molar-refractivity contribution in [3.63, 3.8) is 0 Å². The first-order valence-corrected chi connectivity index (χ1v) is 9.38. The van der Waals surface area contributed by atoms with Crippen LogP contribution in [0.4, 0.5) is 0 Å². The highest BCUT2D eigenvalue weighted by molar-refractivity contribution is 7.09. The smallest absolute Gasteiger partial charge is 0.0897 e. The average molecular weight is 324 g/mol. The zero-order valence-corrected chi connectivity index (χ0v) is 15.0. The summed E-state index contributed by atoms with van der Waals surface area (Å²) in [5.74, 6) is 0. The highest BCUT2D eigenvalue weighted by Gasteiger charge is 2.45. The summed E-state index contributed by atoms with van der Waals surface area (Å²) < 4.78 is 5.51. The van der Waals surface area contributed by atoms with Crippen molar-refractivity contribution < 1.29 is 4.74 Å². The van der Waals surface area contributed by atoms with Gasteiger partial charge < -0.3 is 9.64 Å². The van der Waals surface area contributed by atoms with Crippen molar-refractivity contribution >= 4 is 11.3 Å². The maximum atomic E-state index is 5.51. The van der Waals surface area contributed by atoms with Crippen molar-refractivity contribution in [1.82, 2.24) is 14.8 Å². The summed E-state index contributed by atoms with van der Waals surface area (Å²) in [6.45, 7) is 11.1. The quantitative estimate of drug-likeness (QED) is 0.833. The summed E-state index contributed by atoms with van der Waals surface area (Å²) in [6, 6.07) is 0.556. The Morgan fingerprint density at radius 1 is 1.41 bits per heavy atom. The first kappa shape index (κ1) is 16.4. The van der Waals surface area contributed by atoms with E-state index in [1.165, 1.54) is 56.1 Å². The lowest BCUT2D eigenvalue weighted by atomic mass is 9.76. The van der Waals surface area contributed by atoms with Crippen molar-refractivity contribution in [1.29, 1.82) is 0 Å². The van der Waals surface area contributed by atoms with Gasteiger partial charge in [-0.3, -0.25) is 4.90 Å². The van der Waals surface area contributed by atoms with E-state index in [4.69, 9.17) is 4.74 Å². The minimum atomic E-state index is 0.514. The molecular weight excluding hydrogens is 294 g/mol. The van der Waals surface area contributed by atoms with Crippen LogP contribution in [0.1, 0.15) is 36.9 Å². The Morgan fingerprint density at radius 2 is 2.18 bits per heavy atom. The highest BCUT2D eigenvalue weighted by Crippen LogP contribution is 2.43. The minimum absolute atomic E-state index is 0.514. The SMILES string of the molecule is CCN1CCC2(CC1)C[C@@H](COC)N(Cc1csc(C)n1)C2. The molecule has 1 spiro atoms. The molecule has 0 unspecified atom stereocenters. The van der Waals surface area contributed by atoms with Crippen LogP contribution in [0.3, 0.4) is 0 Å². The Bertz CT molecular complexity index is 482. The number of aryl methyl sites for hydroxylation is 1. The molecule has 1 aromatic rings. The van der Waals surface area contributed by atoms with E-state index >= 15 is 0 Å². The zero-order chi connectivity index (χ0) is 15.6. The standard InChI is InChI=1S/C17H29N3OS/c1-4-19-7-5-17(6-8-19)9-16(11-21-3)20(13-17)10-15-12-22-14(2)18-15/h12,16H,4-11,13H2,1-3H3/t16-/m0/s1. The van der Waals surface area contributed by atoms with Crippen LogP contribution < -0.4 is 0 Å². The van der Waals surface area contributed by atoms with Crippen molar-refractivity contribution in [2.45, 2.75) is 45.7 Å². The van der Waals surface area contributed by atoms with Crippen molar-refractivity contribution in [3.8, 4) is 0 Å². The summed E-state index contributed by atoms with van der Waals surface area (Å²) in [4.78, 5) is 9.87. The topological polar surface area (TPSA) is 28.6 Å². The number of thiazole rings is 1. The largest absolute Gasteiger partial charge is 0.383 e. The summed E-state index contributed by atoms with van der Waals surface area (Å²) in [5, 5.41) is 3.38. The third kappa shape index (κ3) is 3.53. The second-order valence-corrected chi connectivity index (χ2v) is 8.07. The highest BCUT2D eigenvalue weighted by atomic mass is 32.1. The molecule has 0 bridgehead atoms. The number of aromatic nitrogens is 1. The molecular formula is C17H29N3OS. The van der Waals surface area contributed by atoms with Gasteiger partial charge in [-0.25, -0.2) is 4.98 Å². The molecule has 2 fully saturated rings. The predicted octanol–water partition coefficient (Wildman–Crippen LogP) is 2.77. The second-order valence-electron chi connectivity index (χ2n) is 7.01. The molecule has 2 aliphatic heterocycles. The first-order chi connectivity index (χ1) is 10.6. The molecule has 0 aromatic carbocycles. The summed E-state index contributed by atoms with van der Waals surface area (Å²) in [6.07, 6.45) is 3.98. The van der Waals surface area contributed by atoms with Crippen LogP contribution in [-0.4, -0.2) is 60.7 Å². The maximum Gasteiger partial charge on any atom is 0.0897 e. The van der Waals surface area contributed by atoms with E-state index in [9.17, 15) is 0 Å². The van der Waals surface area contributed by atoms with Gasteiger partial charge in [0.25, 0.3) is 0 Å². The van der Waals surface area contributed by atoms with E-state index in [1.807, 2.05) is 7.11 Å². The monoisotopic (exact) mass is 323 g/mol. The van der Waals surface area contributed by atoms with Gasteiger partial charge in [-0.1, -0.05) is 6.92 Å². The summed E-state index contributed by atoms with van der Waals surface area (Å²) in [5.41, 5.74) is 1.74. The lowest BCUT2D eigenvalue weighted by Gasteiger charge is -2.39. The predicted molar refractivity (Wildman–Crippen MR) is 91.3 cm³/mol. The molecule has 0 saturated carbocycles. The molecule has 4 nitrogen and oxygen atoms in total. The van der Waals surface area contributed by atoms with Gasteiger partial charge in [0.1, 0.15) is 0 Å². The van der Waals surface area contributed by atoms with Gasteiger partial charge in [0.05, 0.1) is 17.3 Å². The number of hydrogen-bond acceptors (Lipinski definition) is 5. The van der Waals surface area contributed by atoms with Crippen LogP contribution in [-0.2, 0) is 11.3 Å². The fourth-order valence-corrected chi connectivity index (χ4v) is 4.79. The number of likely N-dealkylation sites (tertiary alicyclic amines) is 2. The Labute approximate surface area is 138 Å². The molecule has 5 heteroatoms. The third-order valence-corrected chi connectivity index (χ3v) is 6.30. The number of ether oxygens (including phenoxy) is 1. The third-order valence-electron chi connectivity index (χ3n) is 5.48. The molecule has 2 saturated heterocycles. The first-order valence-electron chi connectivity index (χ1n) is 8.50. The van der Waals surface area contributed by atoms with Crippen molar-refractivity contribution in [3.05, 3.63) is 16.1 Å². The summed E-state index contributed by atoms with van der Waals surface area (Å²) >= 11 is 1.76. The van der Waals surface area contributed by atoms with Gasteiger partial charge in [-0.15, -0.1) is 11.3 Å². The molecule has 0 N–H and O–H groups in total. The Morgan fingerprint density at radius 3 is 2.77 bits per heavy atom. The van der Waals surface area contributed by atoms with Gasteiger partial charge in [-0.2, -0.15) is 0 Å². The zero-order valence-electron chi connectivity index (χ0n) is 14.2. The molecule has 0 radical (unpaired) electrons. The van der Waals surface area contributed by atoms with Gasteiger partial charge in [0, 0.05) is 31.6 Å². The molecule has 0 aliphatic carbocycles. The number of piperidine rings is 1. The van der Waals surface area contributed by atoms with Crippen LogP contribution in [0.15, 0.2) is 5.38 Å². The van der Waals surface area contributed by atoms with Crippen LogP contribution in [0.25, 0.3) is 0 Å². The van der Waals surface area contributed by atoms with E-state index in [2.05, 4.69) is 34.0 Å². The second kappa shape index (κ2) is 6.95. The molecule has 3 rings (SSSR count). The van der Waals surface area contributed by atoms with Gasteiger partial charge in [-0.05, 0) is 51.2 Å². The maximum absolute atomic E-state index is 5.51. The van der Waals surface area contributed by atoms with Crippen LogP contribution in [0, 0.1) is 12.3 Å². The lowest BCUT2D eigenvalue weighted by Crippen LogP contribution is -2.41. The Kier molecular flexibility index (Phi) is 5.17. The fraction of sp³-hybridized carbons (Fsp3) is 0.824. The number of nitrogens with zero attached hydrogens (tertiary/aromatic N) is 3. The van der Waals surface area contributed by atoms with Crippen LogP contribution in [0.2, 0.25) is 0 Å². The van der Waals surface area contributed by atoms with E-state index in [0.717, 1.165) is 13.2 Å². The van der Waals surface area contributed by atoms with Gasteiger partial charge >= 0.3 is 0 Å².